The number of nitrogen functional groups attached to an aromatic ring is 1. The lowest BCUT2D eigenvalue weighted by molar-refractivity contribution is 0.174. The molecule has 1 aromatic heterocycles. The monoisotopic (exact) mass is 278 g/mol. The first-order chi connectivity index (χ1) is 9.20. The average molecular weight is 279 g/mol. The summed E-state index contributed by atoms with van der Waals surface area (Å²) in [6.45, 7) is 0.841. The van der Waals surface area contributed by atoms with Gasteiger partial charge in [0, 0.05) is 12.6 Å². The van der Waals surface area contributed by atoms with Crippen molar-refractivity contribution in [1.82, 2.24) is 9.97 Å². The van der Waals surface area contributed by atoms with Gasteiger partial charge in [-0.2, -0.15) is 4.98 Å². The van der Waals surface area contributed by atoms with Gasteiger partial charge in [0.1, 0.15) is 11.0 Å². The highest BCUT2D eigenvalue weighted by Crippen LogP contribution is 2.32. The van der Waals surface area contributed by atoms with E-state index in [9.17, 15) is 0 Å². The zero-order valence-corrected chi connectivity index (χ0v) is 10.6. The molecule has 0 radical (unpaired) electrons. The Kier molecular flexibility index (Phi) is 3.00. The van der Waals surface area contributed by atoms with Crippen LogP contribution in [0.4, 0.5) is 11.8 Å². The zero-order valence-electron chi connectivity index (χ0n) is 9.89. The summed E-state index contributed by atoms with van der Waals surface area (Å²) in [7, 11) is 0. The lowest BCUT2D eigenvalue weighted by Gasteiger charge is -2.07. The first-order valence-electron chi connectivity index (χ1n) is 5.63. The van der Waals surface area contributed by atoms with Crippen LogP contribution in [-0.2, 0) is 6.54 Å². The molecule has 0 saturated heterocycles. The number of fused-ring (bicyclic) bond motifs is 1. The number of benzene rings is 1. The Morgan fingerprint density at radius 2 is 2.05 bits per heavy atom. The van der Waals surface area contributed by atoms with E-state index >= 15 is 0 Å². The first-order valence-corrected chi connectivity index (χ1v) is 6.01. The van der Waals surface area contributed by atoms with Crippen LogP contribution < -0.4 is 20.5 Å². The molecule has 0 bridgehead atoms. The molecule has 0 fully saturated rings. The molecule has 0 atom stereocenters. The highest BCUT2D eigenvalue weighted by atomic mass is 35.5. The Morgan fingerprint density at radius 3 is 2.89 bits per heavy atom. The lowest BCUT2D eigenvalue weighted by Crippen LogP contribution is -2.04. The Morgan fingerprint density at radius 1 is 1.21 bits per heavy atom. The second-order valence-electron chi connectivity index (χ2n) is 3.98. The molecule has 2 aromatic rings. The van der Waals surface area contributed by atoms with Gasteiger partial charge in [-0.25, -0.2) is 4.98 Å². The van der Waals surface area contributed by atoms with Gasteiger partial charge in [0.15, 0.2) is 11.5 Å². The summed E-state index contributed by atoms with van der Waals surface area (Å²) in [5.41, 5.74) is 6.56. The normalized spacial score (nSPS) is 12.5. The molecule has 0 amide bonds. The van der Waals surface area contributed by atoms with Crippen LogP contribution in [0.1, 0.15) is 5.56 Å². The topological polar surface area (TPSA) is 82.3 Å². The van der Waals surface area contributed by atoms with Crippen molar-refractivity contribution in [2.24, 2.45) is 0 Å². The summed E-state index contributed by atoms with van der Waals surface area (Å²) in [6, 6.07) is 7.36. The molecule has 98 valence electrons. The summed E-state index contributed by atoms with van der Waals surface area (Å²) in [5.74, 6) is 2.23. The Hall–Kier alpha value is -2.21. The van der Waals surface area contributed by atoms with Crippen molar-refractivity contribution in [2.45, 2.75) is 6.54 Å². The van der Waals surface area contributed by atoms with Crippen molar-refractivity contribution in [3.8, 4) is 11.5 Å². The summed E-state index contributed by atoms with van der Waals surface area (Å²) in [6.07, 6.45) is 0. The highest BCUT2D eigenvalue weighted by Gasteiger charge is 2.13. The van der Waals surface area contributed by atoms with Gasteiger partial charge in [0.25, 0.3) is 0 Å². The minimum absolute atomic E-state index is 0.140. The zero-order chi connectivity index (χ0) is 13.2. The molecule has 1 aliphatic heterocycles. The number of rotatable bonds is 3. The number of ether oxygens (including phenoxy) is 2. The van der Waals surface area contributed by atoms with E-state index in [0.717, 1.165) is 17.1 Å². The molecule has 0 saturated carbocycles. The van der Waals surface area contributed by atoms with Gasteiger partial charge in [-0.1, -0.05) is 17.7 Å². The summed E-state index contributed by atoms with van der Waals surface area (Å²) in [4.78, 5) is 7.83. The van der Waals surface area contributed by atoms with Crippen molar-refractivity contribution in [1.29, 1.82) is 0 Å². The molecule has 1 aromatic carbocycles. The molecule has 6 nitrogen and oxygen atoms in total. The smallest absolute Gasteiger partial charge is 0.231 e. The molecule has 3 N–H and O–H groups in total. The number of aromatic nitrogens is 2. The van der Waals surface area contributed by atoms with E-state index in [2.05, 4.69) is 15.3 Å². The predicted molar refractivity (Wildman–Crippen MR) is 71.3 cm³/mol. The maximum atomic E-state index is 5.80. The van der Waals surface area contributed by atoms with Crippen LogP contribution in [0.15, 0.2) is 24.3 Å². The molecule has 2 heterocycles. The van der Waals surface area contributed by atoms with Crippen molar-refractivity contribution in [3.63, 3.8) is 0 Å². The molecule has 1 aliphatic rings. The first kappa shape index (κ1) is 11.9. The van der Waals surface area contributed by atoms with E-state index in [0.29, 0.717) is 17.5 Å². The molecule has 3 rings (SSSR count). The van der Waals surface area contributed by atoms with Crippen LogP contribution >= 0.6 is 11.6 Å². The second kappa shape index (κ2) is 4.81. The molecule has 7 heteroatoms. The maximum absolute atomic E-state index is 5.80. The van der Waals surface area contributed by atoms with Crippen LogP contribution in [0.5, 0.6) is 11.5 Å². The van der Waals surface area contributed by atoms with E-state index in [1.807, 2.05) is 18.2 Å². The number of nitrogens with two attached hydrogens (primary N) is 1. The number of nitrogens with zero attached hydrogens (tertiary/aromatic N) is 2. The van der Waals surface area contributed by atoms with Crippen LogP contribution in [0.3, 0.4) is 0 Å². The second-order valence-corrected chi connectivity index (χ2v) is 4.36. The number of hydrogen-bond donors (Lipinski definition) is 2. The van der Waals surface area contributed by atoms with E-state index in [4.69, 9.17) is 26.8 Å². The Balaban J connectivity index is 1.72. The van der Waals surface area contributed by atoms with Gasteiger partial charge in [-0.15, -0.1) is 0 Å². The van der Waals surface area contributed by atoms with Crippen LogP contribution in [0, 0.1) is 0 Å². The quantitative estimate of drug-likeness (QED) is 0.836. The fourth-order valence-corrected chi connectivity index (χ4v) is 1.96. The van der Waals surface area contributed by atoms with E-state index < -0.39 is 0 Å². The van der Waals surface area contributed by atoms with Gasteiger partial charge in [-0.05, 0) is 17.7 Å². The predicted octanol–water partition coefficient (Wildman–Crippen LogP) is 2.05. The van der Waals surface area contributed by atoms with Crippen molar-refractivity contribution in [2.75, 3.05) is 17.8 Å². The number of hydrogen-bond acceptors (Lipinski definition) is 6. The summed E-state index contributed by atoms with van der Waals surface area (Å²) < 4.78 is 10.6. The van der Waals surface area contributed by atoms with E-state index in [-0.39, 0.29) is 12.7 Å². The van der Waals surface area contributed by atoms with Crippen molar-refractivity contribution in [3.05, 3.63) is 35.0 Å². The van der Waals surface area contributed by atoms with E-state index in [1.54, 1.807) is 6.07 Å². The van der Waals surface area contributed by atoms with E-state index in [1.165, 1.54) is 0 Å². The van der Waals surface area contributed by atoms with Crippen LogP contribution in [0.25, 0.3) is 0 Å². The number of anilines is 2. The van der Waals surface area contributed by atoms with Gasteiger partial charge >= 0.3 is 0 Å². The number of nitrogens with one attached hydrogen (secondary N) is 1. The minimum Gasteiger partial charge on any atom is -0.454 e. The van der Waals surface area contributed by atoms with Crippen LogP contribution in [0.2, 0.25) is 5.15 Å². The van der Waals surface area contributed by atoms with Gasteiger partial charge in [0.2, 0.25) is 12.7 Å². The highest BCUT2D eigenvalue weighted by molar-refractivity contribution is 6.29. The third-order valence-electron chi connectivity index (χ3n) is 2.62. The third-order valence-corrected chi connectivity index (χ3v) is 2.82. The molecule has 0 aliphatic carbocycles. The van der Waals surface area contributed by atoms with Gasteiger partial charge in [-0.3, -0.25) is 0 Å². The average Bonchev–Trinajstić information content (AvgIpc) is 2.82. The van der Waals surface area contributed by atoms with Crippen molar-refractivity contribution >= 4 is 23.4 Å². The van der Waals surface area contributed by atoms with Crippen LogP contribution in [-0.4, -0.2) is 16.8 Å². The summed E-state index contributed by atoms with van der Waals surface area (Å²) >= 11 is 5.80. The van der Waals surface area contributed by atoms with Gasteiger partial charge in [0.05, 0.1) is 0 Å². The summed E-state index contributed by atoms with van der Waals surface area (Å²) in [5, 5.41) is 3.43. The standard InChI is InChI=1S/C12H11ClN4O2/c13-10-4-11(17-12(14)16-10)15-5-7-1-2-8-9(3-7)19-6-18-8/h1-4H,5-6H2,(H3,14,15,16,17). The minimum atomic E-state index is 0.140. The molecule has 19 heavy (non-hydrogen) atoms. The SMILES string of the molecule is Nc1nc(Cl)cc(NCc2ccc3c(c2)OCO3)n1. The molecular formula is C12H11ClN4O2. The van der Waals surface area contributed by atoms with Crippen molar-refractivity contribution < 1.29 is 9.47 Å². The Labute approximate surface area is 114 Å². The largest absolute Gasteiger partial charge is 0.454 e. The lowest BCUT2D eigenvalue weighted by atomic mass is 10.2. The fraction of sp³-hybridized carbons (Fsp3) is 0.167. The van der Waals surface area contributed by atoms with Gasteiger partial charge < -0.3 is 20.5 Å². The fourth-order valence-electron chi connectivity index (χ4n) is 1.77. The maximum Gasteiger partial charge on any atom is 0.231 e. The third kappa shape index (κ3) is 2.63. The Bertz CT molecular complexity index is 600. The number of halogens is 1. The molecular weight excluding hydrogens is 268 g/mol. The molecule has 0 spiro atoms. The molecule has 0 unspecified atom stereocenters.